The third kappa shape index (κ3) is 3.29. The van der Waals surface area contributed by atoms with Gasteiger partial charge in [-0.05, 0) is 37.2 Å². The number of aryl methyl sites for hydroxylation is 1. The Kier molecular flexibility index (Phi) is 4.47. The molecule has 1 saturated heterocycles. The molecule has 1 aliphatic rings. The Balaban J connectivity index is 2.00. The van der Waals surface area contributed by atoms with Crippen LogP contribution in [0.1, 0.15) is 25.3 Å². The summed E-state index contributed by atoms with van der Waals surface area (Å²) in [5.41, 5.74) is 2.03. The normalized spacial score (nSPS) is 19.1. The molecule has 2 amide bonds. The zero-order valence-corrected chi connectivity index (χ0v) is 12.0. The second kappa shape index (κ2) is 6.10. The standard InChI is InChI=1S/C14H18N2O2S/c1-3-4-9-16-13(17)12(19-14(16)18)15-11-7-5-10(2)6-8-11/h5-8,12,15H,3-4,9H2,1-2H3. The van der Waals surface area contributed by atoms with Crippen LogP contribution in [0.2, 0.25) is 0 Å². The molecule has 1 aliphatic heterocycles. The molecule has 1 aromatic carbocycles. The molecular formula is C14H18N2O2S. The van der Waals surface area contributed by atoms with Crippen molar-refractivity contribution < 1.29 is 9.59 Å². The number of thioether (sulfide) groups is 1. The van der Waals surface area contributed by atoms with Crippen molar-refractivity contribution in [2.45, 2.75) is 32.1 Å². The lowest BCUT2D eigenvalue weighted by Crippen LogP contribution is -2.35. The summed E-state index contributed by atoms with van der Waals surface area (Å²) in [5, 5.41) is 2.46. The van der Waals surface area contributed by atoms with Crippen LogP contribution in [0.4, 0.5) is 10.5 Å². The van der Waals surface area contributed by atoms with Crippen molar-refractivity contribution in [2.24, 2.45) is 0 Å². The molecule has 0 bridgehead atoms. The van der Waals surface area contributed by atoms with E-state index in [0.717, 1.165) is 35.9 Å². The average molecular weight is 278 g/mol. The number of carbonyl (C=O) groups excluding carboxylic acids is 2. The summed E-state index contributed by atoms with van der Waals surface area (Å²) in [5.74, 6) is -0.135. The highest BCUT2D eigenvalue weighted by atomic mass is 32.2. The molecule has 1 heterocycles. The van der Waals surface area contributed by atoms with E-state index in [1.165, 1.54) is 4.90 Å². The molecule has 0 aliphatic carbocycles. The van der Waals surface area contributed by atoms with Crippen LogP contribution < -0.4 is 5.32 Å². The number of hydrogen-bond acceptors (Lipinski definition) is 4. The lowest BCUT2D eigenvalue weighted by atomic mass is 10.2. The Labute approximate surface area is 117 Å². The van der Waals surface area contributed by atoms with Gasteiger partial charge in [-0.15, -0.1) is 0 Å². The third-order valence-corrected chi connectivity index (χ3v) is 3.99. The van der Waals surface area contributed by atoms with Gasteiger partial charge in [0.15, 0.2) is 5.37 Å². The molecule has 0 aromatic heterocycles. The maximum absolute atomic E-state index is 12.1. The summed E-state index contributed by atoms with van der Waals surface area (Å²) in [6.07, 6.45) is 1.83. The number of hydrogen-bond donors (Lipinski definition) is 1. The molecule has 1 N–H and O–H groups in total. The van der Waals surface area contributed by atoms with Crippen LogP contribution in [-0.2, 0) is 4.79 Å². The minimum atomic E-state index is -0.493. The van der Waals surface area contributed by atoms with E-state index >= 15 is 0 Å². The Hall–Kier alpha value is -1.49. The van der Waals surface area contributed by atoms with Crippen molar-refractivity contribution in [3.05, 3.63) is 29.8 Å². The molecule has 0 spiro atoms. The number of nitrogens with zero attached hydrogens (tertiary/aromatic N) is 1. The SMILES string of the molecule is CCCCN1C(=O)SC(Nc2ccc(C)cc2)C1=O. The number of rotatable bonds is 5. The first-order valence-electron chi connectivity index (χ1n) is 6.47. The monoisotopic (exact) mass is 278 g/mol. The molecular weight excluding hydrogens is 260 g/mol. The molecule has 1 atom stereocenters. The second-order valence-electron chi connectivity index (χ2n) is 4.62. The number of amides is 2. The number of unbranched alkanes of at least 4 members (excludes halogenated alkanes) is 1. The van der Waals surface area contributed by atoms with Crippen LogP contribution in [0.3, 0.4) is 0 Å². The topological polar surface area (TPSA) is 49.4 Å². The van der Waals surface area contributed by atoms with Gasteiger partial charge in [-0.3, -0.25) is 14.5 Å². The maximum Gasteiger partial charge on any atom is 0.290 e. The van der Waals surface area contributed by atoms with Gasteiger partial charge >= 0.3 is 0 Å². The Morgan fingerprint density at radius 1 is 1.26 bits per heavy atom. The molecule has 5 heteroatoms. The van der Waals surface area contributed by atoms with E-state index in [9.17, 15) is 9.59 Å². The van der Waals surface area contributed by atoms with Crippen LogP contribution in [0, 0.1) is 6.92 Å². The first kappa shape index (κ1) is 13.9. The van der Waals surface area contributed by atoms with Gasteiger partial charge in [0.1, 0.15) is 0 Å². The van der Waals surface area contributed by atoms with Crippen molar-refractivity contribution in [3.63, 3.8) is 0 Å². The molecule has 2 rings (SSSR count). The number of benzene rings is 1. The van der Waals surface area contributed by atoms with Gasteiger partial charge < -0.3 is 5.32 Å². The molecule has 1 fully saturated rings. The average Bonchev–Trinajstić information content (AvgIpc) is 2.65. The molecule has 4 nitrogen and oxygen atoms in total. The summed E-state index contributed by atoms with van der Waals surface area (Å²) in [6.45, 7) is 4.57. The Bertz CT molecular complexity index is 473. The maximum atomic E-state index is 12.1. The van der Waals surface area contributed by atoms with Crippen molar-refractivity contribution in [2.75, 3.05) is 11.9 Å². The predicted molar refractivity (Wildman–Crippen MR) is 78.2 cm³/mol. The summed E-state index contributed by atoms with van der Waals surface area (Å²) in [7, 11) is 0. The number of imide groups is 1. The quantitative estimate of drug-likeness (QED) is 0.898. The van der Waals surface area contributed by atoms with Crippen molar-refractivity contribution in [1.29, 1.82) is 0 Å². The predicted octanol–water partition coefficient (Wildman–Crippen LogP) is 3.23. The van der Waals surface area contributed by atoms with Crippen molar-refractivity contribution in [3.8, 4) is 0 Å². The minimum Gasteiger partial charge on any atom is -0.365 e. The van der Waals surface area contributed by atoms with Crippen LogP contribution in [0.5, 0.6) is 0 Å². The van der Waals surface area contributed by atoms with Crippen LogP contribution in [-0.4, -0.2) is 28.0 Å². The molecule has 19 heavy (non-hydrogen) atoms. The lowest BCUT2D eigenvalue weighted by molar-refractivity contribution is -0.126. The summed E-state index contributed by atoms with van der Waals surface area (Å²) >= 11 is 1.06. The number of nitrogens with one attached hydrogen (secondary N) is 1. The van der Waals surface area contributed by atoms with Gasteiger partial charge in [-0.1, -0.05) is 31.0 Å². The zero-order chi connectivity index (χ0) is 13.8. The van der Waals surface area contributed by atoms with Crippen molar-refractivity contribution in [1.82, 2.24) is 4.90 Å². The van der Waals surface area contributed by atoms with E-state index in [-0.39, 0.29) is 11.1 Å². The fourth-order valence-electron chi connectivity index (χ4n) is 1.86. The largest absolute Gasteiger partial charge is 0.365 e. The van der Waals surface area contributed by atoms with Gasteiger partial charge in [-0.25, -0.2) is 0 Å². The number of carbonyl (C=O) groups is 2. The van der Waals surface area contributed by atoms with Gasteiger partial charge in [0, 0.05) is 12.2 Å². The number of anilines is 1. The third-order valence-electron chi connectivity index (χ3n) is 3.01. The van der Waals surface area contributed by atoms with Gasteiger partial charge in [0.25, 0.3) is 11.1 Å². The molecule has 0 radical (unpaired) electrons. The van der Waals surface area contributed by atoms with Gasteiger partial charge in [0.2, 0.25) is 0 Å². The molecule has 102 valence electrons. The van der Waals surface area contributed by atoms with Crippen LogP contribution >= 0.6 is 11.8 Å². The van der Waals surface area contributed by atoms with E-state index < -0.39 is 5.37 Å². The zero-order valence-electron chi connectivity index (χ0n) is 11.2. The molecule has 1 aromatic rings. The lowest BCUT2D eigenvalue weighted by Gasteiger charge is -2.14. The van der Waals surface area contributed by atoms with E-state index in [0.29, 0.717) is 6.54 Å². The Morgan fingerprint density at radius 3 is 2.58 bits per heavy atom. The van der Waals surface area contributed by atoms with E-state index in [1.807, 2.05) is 38.1 Å². The highest BCUT2D eigenvalue weighted by molar-refractivity contribution is 8.15. The summed E-state index contributed by atoms with van der Waals surface area (Å²) in [4.78, 5) is 25.2. The van der Waals surface area contributed by atoms with Crippen LogP contribution in [0.25, 0.3) is 0 Å². The minimum absolute atomic E-state index is 0.135. The molecule has 0 saturated carbocycles. The summed E-state index contributed by atoms with van der Waals surface area (Å²) in [6, 6.07) is 7.79. The van der Waals surface area contributed by atoms with Gasteiger partial charge in [-0.2, -0.15) is 0 Å². The smallest absolute Gasteiger partial charge is 0.290 e. The Morgan fingerprint density at radius 2 is 1.95 bits per heavy atom. The van der Waals surface area contributed by atoms with Crippen molar-refractivity contribution >= 4 is 28.6 Å². The second-order valence-corrected chi connectivity index (χ2v) is 5.67. The first-order valence-corrected chi connectivity index (χ1v) is 7.35. The summed E-state index contributed by atoms with van der Waals surface area (Å²) < 4.78 is 0. The fourth-order valence-corrected chi connectivity index (χ4v) is 2.79. The van der Waals surface area contributed by atoms with Crippen LogP contribution in [0.15, 0.2) is 24.3 Å². The highest BCUT2D eigenvalue weighted by Gasteiger charge is 2.39. The molecule has 1 unspecified atom stereocenters. The van der Waals surface area contributed by atoms with E-state index in [2.05, 4.69) is 5.32 Å². The van der Waals surface area contributed by atoms with E-state index in [1.54, 1.807) is 0 Å². The first-order chi connectivity index (χ1) is 9.11. The highest BCUT2D eigenvalue weighted by Crippen LogP contribution is 2.28. The van der Waals surface area contributed by atoms with Gasteiger partial charge in [0.05, 0.1) is 0 Å². The van der Waals surface area contributed by atoms with E-state index in [4.69, 9.17) is 0 Å². The fraction of sp³-hybridized carbons (Fsp3) is 0.429.